The lowest BCUT2D eigenvalue weighted by Gasteiger charge is -2.21. The molecular formula is C13H13Cl2N3OS. The summed E-state index contributed by atoms with van der Waals surface area (Å²) in [6.07, 6.45) is 1.52. The Balaban J connectivity index is 1.92. The summed E-state index contributed by atoms with van der Waals surface area (Å²) < 4.78 is 5.40. The molecule has 0 saturated carbocycles. The zero-order chi connectivity index (χ0) is 14.3. The predicted molar refractivity (Wildman–Crippen MR) is 84.1 cm³/mol. The topological polar surface area (TPSA) is 31.6 Å². The quantitative estimate of drug-likeness (QED) is 0.821. The van der Waals surface area contributed by atoms with E-state index in [2.05, 4.69) is 18.1 Å². The summed E-state index contributed by atoms with van der Waals surface area (Å²) in [4.78, 5) is 2.04. The highest BCUT2D eigenvalue weighted by atomic mass is 35.5. The minimum absolute atomic E-state index is 0.104. The van der Waals surface area contributed by atoms with E-state index in [1.807, 2.05) is 41.2 Å². The molecule has 1 fully saturated rings. The number of nitrogens with one attached hydrogen (secondary N) is 1. The third-order valence-electron chi connectivity index (χ3n) is 3.26. The molecule has 0 bridgehead atoms. The number of hydrogen-bond acceptors (Lipinski definition) is 5. The Hall–Kier alpha value is -0.850. The van der Waals surface area contributed by atoms with Gasteiger partial charge in [0.2, 0.25) is 5.88 Å². The van der Waals surface area contributed by atoms with Gasteiger partial charge in [-0.1, -0.05) is 29.3 Å². The molecule has 20 heavy (non-hydrogen) atoms. The number of thiol groups is 1. The lowest BCUT2D eigenvalue weighted by molar-refractivity contribution is 0.286. The fourth-order valence-corrected chi connectivity index (χ4v) is 3.03. The Kier molecular flexibility index (Phi) is 3.88. The molecule has 1 aliphatic heterocycles. The van der Waals surface area contributed by atoms with Crippen molar-refractivity contribution < 1.29 is 4.42 Å². The van der Waals surface area contributed by atoms with Crippen LogP contribution in [0.5, 0.6) is 0 Å². The van der Waals surface area contributed by atoms with Gasteiger partial charge < -0.3 is 4.42 Å². The third kappa shape index (κ3) is 2.40. The average Bonchev–Trinajstić information content (AvgIpc) is 3.01. The molecule has 0 radical (unpaired) electrons. The number of rotatable bonds is 2. The SMILES string of the molecule is CN1[C@H](c2ccc(Cl)cc2Cl)NN(c2ccco2)[C@@H]1S. The molecule has 4 nitrogen and oxygen atoms in total. The van der Waals surface area contributed by atoms with Crippen LogP contribution in [0.1, 0.15) is 11.7 Å². The number of furan rings is 1. The van der Waals surface area contributed by atoms with Crippen LogP contribution in [0.25, 0.3) is 0 Å². The van der Waals surface area contributed by atoms with Gasteiger partial charge in [0, 0.05) is 21.7 Å². The predicted octanol–water partition coefficient (Wildman–Crippen LogP) is 3.76. The summed E-state index contributed by atoms with van der Waals surface area (Å²) >= 11 is 16.8. The number of benzene rings is 1. The van der Waals surface area contributed by atoms with Crippen molar-refractivity contribution in [3.05, 3.63) is 52.2 Å². The molecule has 0 amide bonds. The normalized spacial score (nSPS) is 23.5. The number of nitrogens with zero attached hydrogens (tertiary/aromatic N) is 2. The van der Waals surface area contributed by atoms with Crippen molar-refractivity contribution in [1.29, 1.82) is 0 Å². The van der Waals surface area contributed by atoms with Crippen molar-refractivity contribution in [1.82, 2.24) is 10.3 Å². The molecule has 3 rings (SSSR count). The van der Waals surface area contributed by atoms with Gasteiger partial charge in [0.1, 0.15) is 11.7 Å². The van der Waals surface area contributed by atoms with Gasteiger partial charge in [0.05, 0.1) is 6.26 Å². The van der Waals surface area contributed by atoms with Crippen LogP contribution in [0.4, 0.5) is 5.88 Å². The molecule has 2 heterocycles. The Labute approximate surface area is 132 Å². The second-order valence-corrected chi connectivity index (χ2v) is 5.84. The number of hydrazine groups is 1. The standard InChI is InChI=1S/C13H13Cl2N3OS/c1-17-12(9-5-4-8(14)7-10(9)15)16-18(13(17)20)11-3-2-6-19-11/h2-7,12-13,16,20H,1H3/t12-,13-/m1/s1. The second-order valence-electron chi connectivity index (χ2n) is 4.53. The van der Waals surface area contributed by atoms with Crippen molar-refractivity contribution in [3.8, 4) is 0 Å². The summed E-state index contributed by atoms with van der Waals surface area (Å²) in [7, 11) is 1.96. The lowest BCUT2D eigenvalue weighted by atomic mass is 10.1. The molecular weight excluding hydrogens is 317 g/mol. The van der Waals surface area contributed by atoms with Gasteiger partial charge >= 0.3 is 0 Å². The summed E-state index contributed by atoms with van der Waals surface area (Å²) in [5.74, 6) is 0.699. The van der Waals surface area contributed by atoms with E-state index in [1.54, 1.807) is 12.3 Å². The zero-order valence-electron chi connectivity index (χ0n) is 10.6. The summed E-state index contributed by atoms with van der Waals surface area (Å²) in [6, 6.07) is 9.17. The third-order valence-corrected chi connectivity index (χ3v) is 4.42. The van der Waals surface area contributed by atoms with E-state index in [9.17, 15) is 0 Å². The first-order valence-electron chi connectivity index (χ1n) is 6.02. The number of halogens is 2. The maximum absolute atomic E-state index is 6.28. The average molecular weight is 330 g/mol. The van der Waals surface area contributed by atoms with Gasteiger partial charge in [0.15, 0.2) is 0 Å². The monoisotopic (exact) mass is 329 g/mol. The Morgan fingerprint density at radius 2 is 2.10 bits per heavy atom. The smallest absolute Gasteiger partial charge is 0.211 e. The molecule has 2 atom stereocenters. The number of hydrogen-bond donors (Lipinski definition) is 2. The van der Waals surface area contributed by atoms with Gasteiger partial charge in [-0.15, -0.1) is 12.6 Å². The molecule has 1 aromatic heterocycles. The van der Waals surface area contributed by atoms with Crippen molar-refractivity contribution >= 4 is 41.7 Å². The van der Waals surface area contributed by atoms with Crippen LogP contribution in [0.15, 0.2) is 41.0 Å². The van der Waals surface area contributed by atoms with Crippen LogP contribution in [0.3, 0.4) is 0 Å². The highest BCUT2D eigenvalue weighted by Gasteiger charge is 2.37. The molecule has 0 aliphatic carbocycles. The van der Waals surface area contributed by atoms with Crippen molar-refractivity contribution in [2.75, 3.05) is 12.1 Å². The first-order chi connectivity index (χ1) is 9.58. The van der Waals surface area contributed by atoms with E-state index in [4.69, 9.17) is 27.6 Å². The summed E-state index contributed by atoms with van der Waals surface area (Å²) in [5.41, 5.74) is 4.10. The molecule has 1 N–H and O–H groups in total. The molecule has 1 aliphatic rings. The summed E-state index contributed by atoms with van der Waals surface area (Å²) in [6.45, 7) is 0. The Morgan fingerprint density at radius 1 is 1.30 bits per heavy atom. The summed E-state index contributed by atoms with van der Waals surface area (Å²) in [5, 5.41) is 3.08. The first kappa shape index (κ1) is 14.1. The van der Waals surface area contributed by atoms with E-state index in [0.717, 1.165) is 5.56 Å². The highest BCUT2D eigenvalue weighted by Crippen LogP contribution is 2.35. The van der Waals surface area contributed by atoms with Crippen LogP contribution in [-0.2, 0) is 0 Å². The molecule has 7 heteroatoms. The molecule has 2 aromatic rings. The molecule has 106 valence electrons. The van der Waals surface area contributed by atoms with Crippen LogP contribution >= 0.6 is 35.8 Å². The van der Waals surface area contributed by atoms with Crippen LogP contribution in [-0.4, -0.2) is 17.4 Å². The van der Waals surface area contributed by atoms with Crippen LogP contribution in [0, 0.1) is 0 Å². The molecule has 0 unspecified atom stereocenters. The van der Waals surface area contributed by atoms with Crippen molar-refractivity contribution in [3.63, 3.8) is 0 Å². The highest BCUT2D eigenvalue weighted by molar-refractivity contribution is 7.81. The van der Waals surface area contributed by atoms with E-state index >= 15 is 0 Å². The molecule has 1 saturated heterocycles. The number of anilines is 1. The van der Waals surface area contributed by atoms with Gasteiger partial charge in [-0.05, 0) is 25.2 Å². The lowest BCUT2D eigenvalue weighted by Crippen LogP contribution is -2.36. The minimum Gasteiger partial charge on any atom is -0.447 e. The Morgan fingerprint density at radius 3 is 2.75 bits per heavy atom. The van der Waals surface area contributed by atoms with E-state index in [-0.39, 0.29) is 11.7 Å². The molecule has 1 aromatic carbocycles. The van der Waals surface area contributed by atoms with E-state index in [0.29, 0.717) is 15.9 Å². The fourth-order valence-electron chi connectivity index (χ4n) is 2.20. The minimum atomic E-state index is -0.169. The largest absolute Gasteiger partial charge is 0.447 e. The zero-order valence-corrected chi connectivity index (χ0v) is 13.0. The van der Waals surface area contributed by atoms with Crippen LogP contribution in [0.2, 0.25) is 10.0 Å². The van der Waals surface area contributed by atoms with E-state index in [1.165, 1.54) is 0 Å². The van der Waals surface area contributed by atoms with Crippen LogP contribution < -0.4 is 10.4 Å². The first-order valence-corrected chi connectivity index (χ1v) is 7.29. The van der Waals surface area contributed by atoms with Gasteiger partial charge in [-0.2, -0.15) is 0 Å². The fraction of sp³-hybridized carbons (Fsp3) is 0.231. The maximum Gasteiger partial charge on any atom is 0.211 e. The van der Waals surface area contributed by atoms with E-state index < -0.39 is 0 Å². The van der Waals surface area contributed by atoms with Gasteiger partial charge in [-0.25, -0.2) is 10.4 Å². The van der Waals surface area contributed by atoms with Crippen molar-refractivity contribution in [2.45, 2.75) is 11.7 Å². The van der Waals surface area contributed by atoms with Gasteiger partial charge in [0.25, 0.3) is 0 Å². The molecule has 0 spiro atoms. The second kappa shape index (κ2) is 5.50. The Bertz CT molecular complexity index is 608. The van der Waals surface area contributed by atoms with Crippen molar-refractivity contribution in [2.24, 2.45) is 0 Å². The maximum atomic E-state index is 6.28. The van der Waals surface area contributed by atoms with Gasteiger partial charge in [-0.3, -0.25) is 4.90 Å².